The zero-order valence-corrected chi connectivity index (χ0v) is 11.9. The Kier molecular flexibility index (Phi) is 3.61. The second kappa shape index (κ2) is 5.04. The van der Waals surface area contributed by atoms with Crippen molar-refractivity contribution in [2.24, 2.45) is 5.92 Å². The average molecular weight is 256 g/mol. The second-order valence-electron chi connectivity index (χ2n) is 5.61. The lowest BCUT2D eigenvalue weighted by Gasteiger charge is -2.28. The highest BCUT2D eigenvalue weighted by atomic mass is 16.6. The molecule has 2 aromatic carbocycles. The number of ether oxygens (including phenoxy) is 1. The zero-order chi connectivity index (χ0) is 14.0. The van der Waals surface area contributed by atoms with Gasteiger partial charge in [0.1, 0.15) is 5.60 Å². The topological polar surface area (TPSA) is 26.3 Å². The molecule has 0 aliphatic carbocycles. The summed E-state index contributed by atoms with van der Waals surface area (Å²) < 4.78 is 5.65. The number of carbonyl (C=O) groups is 1. The quantitative estimate of drug-likeness (QED) is 0.766. The lowest BCUT2D eigenvalue weighted by atomic mass is 9.92. The standard InChI is InChI=1S/C17H20O2/c1-12(2)16(18)19-17(3,4)15-11-7-9-13-8-5-6-10-14(13)15/h5-12H,1-4H3. The van der Waals surface area contributed by atoms with E-state index in [1.165, 1.54) is 0 Å². The number of hydrogen-bond donors (Lipinski definition) is 0. The number of benzene rings is 2. The normalized spacial score (nSPS) is 11.8. The summed E-state index contributed by atoms with van der Waals surface area (Å²) in [5.74, 6) is -0.285. The van der Waals surface area contributed by atoms with Gasteiger partial charge in [-0.3, -0.25) is 4.79 Å². The minimum Gasteiger partial charge on any atom is -0.455 e. The monoisotopic (exact) mass is 256 g/mol. The van der Waals surface area contributed by atoms with E-state index in [0.29, 0.717) is 0 Å². The molecule has 2 rings (SSSR count). The Morgan fingerprint density at radius 3 is 2.37 bits per heavy atom. The molecule has 2 heteroatoms. The summed E-state index contributed by atoms with van der Waals surface area (Å²) >= 11 is 0. The molecule has 0 aliphatic heterocycles. The van der Waals surface area contributed by atoms with Gasteiger partial charge in [0, 0.05) is 5.56 Å². The van der Waals surface area contributed by atoms with Crippen molar-refractivity contribution in [3.8, 4) is 0 Å². The van der Waals surface area contributed by atoms with E-state index in [4.69, 9.17) is 4.74 Å². The Labute approximate surface area is 114 Å². The summed E-state index contributed by atoms with van der Waals surface area (Å²) in [7, 11) is 0. The zero-order valence-electron chi connectivity index (χ0n) is 11.9. The minimum absolute atomic E-state index is 0.116. The molecule has 0 heterocycles. The molecular weight excluding hydrogens is 236 g/mol. The highest BCUT2D eigenvalue weighted by molar-refractivity contribution is 5.86. The second-order valence-corrected chi connectivity index (χ2v) is 5.61. The molecule has 0 amide bonds. The number of hydrogen-bond acceptors (Lipinski definition) is 2. The van der Waals surface area contributed by atoms with Crippen LogP contribution < -0.4 is 0 Å². The molecule has 0 spiro atoms. The molecule has 100 valence electrons. The maximum absolute atomic E-state index is 11.8. The smallest absolute Gasteiger partial charge is 0.309 e. The highest BCUT2D eigenvalue weighted by Crippen LogP contribution is 2.31. The van der Waals surface area contributed by atoms with Crippen LogP contribution in [0.4, 0.5) is 0 Å². The van der Waals surface area contributed by atoms with E-state index in [1.54, 1.807) is 0 Å². The van der Waals surface area contributed by atoms with E-state index < -0.39 is 5.60 Å². The van der Waals surface area contributed by atoms with Crippen LogP contribution in [-0.2, 0) is 15.1 Å². The first-order valence-electron chi connectivity index (χ1n) is 6.63. The fraction of sp³-hybridized carbons (Fsp3) is 0.353. The third-order valence-corrected chi connectivity index (χ3v) is 3.27. The SMILES string of the molecule is CC(C)C(=O)OC(C)(C)c1cccc2ccccc12. The van der Waals surface area contributed by atoms with Crippen LogP contribution in [0.3, 0.4) is 0 Å². The summed E-state index contributed by atoms with van der Waals surface area (Å²) in [6.45, 7) is 7.58. The molecule has 0 atom stereocenters. The van der Waals surface area contributed by atoms with Gasteiger partial charge in [0.15, 0.2) is 0 Å². The lowest BCUT2D eigenvalue weighted by Crippen LogP contribution is -2.28. The maximum atomic E-state index is 11.8. The van der Waals surface area contributed by atoms with Crippen LogP contribution >= 0.6 is 0 Å². The van der Waals surface area contributed by atoms with Gasteiger partial charge in [0.2, 0.25) is 0 Å². The van der Waals surface area contributed by atoms with Gasteiger partial charge < -0.3 is 4.74 Å². The van der Waals surface area contributed by atoms with E-state index in [9.17, 15) is 4.79 Å². The van der Waals surface area contributed by atoms with Crippen molar-refractivity contribution in [2.45, 2.75) is 33.3 Å². The van der Waals surface area contributed by atoms with Gasteiger partial charge in [0.05, 0.1) is 5.92 Å². The Morgan fingerprint density at radius 2 is 1.68 bits per heavy atom. The Morgan fingerprint density at radius 1 is 1.05 bits per heavy atom. The Balaban J connectivity index is 2.45. The molecule has 2 nitrogen and oxygen atoms in total. The van der Waals surface area contributed by atoms with E-state index in [-0.39, 0.29) is 11.9 Å². The van der Waals surface area contributed by atoms with Crippen molar-refractivity contribution < 1.29 is 9.53 Å². The summed E-state index contributed by atoms with van der Waals surface area (Å²) in [4.78, 5) is 11.8. The molecule has 0 unspecified atom stereocenters. The molecule has 0 saturated carbocycles. The van der Waals surface area contributed by atoms with Crippen molar-refractivity contribution in [3.63, 3.8) is 0 Å². The average Bonchev–Trinajstić information content (AvgIpc) is 2.37. The number of carbonyl (C=O) groups excluding carboxylic acids is 1. The summed E-state index contributed by atoms with van der Waals surface area (Å²) in [6.07, 6.45) is 0. The van der Waals surface area contributed by atoms with Crippen LogP contribution in [0.1, 0.15) is 33.3 Å². The summed E-state index contributed by atoms with van der Waals surface area (Å²) in [5, 5.41) is 2.29. The van der Waals surface area contributed by atoms with Crippen LogP contribution in [0.25, 0.3) is 10.8 Å². The van der Waals surface area contributed by atoms with Crippen LogP contribution in [0.15, 0.2) is 42.5 Å². The third-order valence-electron chi connectivity index (χ3n) is 3.27. The number of fused-ring (bicyclic) bond motifs is 1. The minimum atomic E-state index is -0.623. The molecule has 0 fully saturated rings. The fourth-order valence-corrected chi connectivity index (χ4v) is 2.17. The van der Waals surface area contributed by atoms with Crippen molar-refractivity contribution in [1.82, 2.24) is 0 Å². The van der Waals surface area contributed by atoms with Crippen LogP contribution in [0, 0.1) is 5.92 Å². The molecule has 0 radical (unpaired) electrons. The van der Waals surface area contributed by atoms with Gasteiger partial charge in [-0.25, -0.2) is 0 Å². The number of rotatable bonds is 3. The van der Waals surface area contributed by atoms with Crippen molar-refractivity contribution >= 4 is 16.7 Å². The first kappa shape index (κ1) is 13.6. The van der Waals surface area contributed by atoms with Gasteiger partial charge in [0.25, 0.3) is 0 Å². The van der Waals surface area contributed by atoms with Crippen LogP contribution in [-0.4, -0.2) is 5.97 Å². The number of esters is 1. The Bertz CT molecular complexity index is 592. The lowest BCUT2D eigenvalue weighted by molar-refractivity contribution is -0.161. The van der Waals surface area contributed by atoms with Crippen molar-refractivity contribution in [2.75, 3.05) is 0 Å². The molecule has 0 saturated heterocycles. The van der Waals surface area contributed by atoms with Crippen molar-refractivity contribution in [1.29, 1.82) is 0 Å². The molecule has 0 aliphatic rings. The van der Waals surface area contributed by atoms with Crippen molar-refractivity contribution in [3.05, 3.63) is 48.0 Å². The Hall–Kier alpha value is -1.83. The van der Waals surface area contributed by atoms with E-state index in [0.717, 1.165) is 16.3 Å². The fourth-order valence-electron chi connectivity index (χ4n) is 2.17. The van der Waals surface area contributed by atoms with Crippen LogP contribution in [0.2, 0.25) is 0 Å². The van der Waals surface area contributed by atoms with E-state index in [1.807, 2.05) is 52.0 Å². The van der Waals surface area contributed by atoms with Gasteiger partial charge in [-0.05, 0) is 24.6 Å². The molecule has 0 N–H and O–H groups in total. The van der Waals surface area contributed by atoms with Crippen LogP contribution in [0.5, 0.6) is 0 Å². The highest BCUT2D eigenvalue weighted by Gasteiger charge is 2.28. The largest absolute Gasteiger partial charge is 0.455 e. The van der Waals surface area contributed by atoms with E-state index >= 15 is 0 Å². The van der Waals surface area contributed by atoms with Gasteiger partial charge in [-0.15, -0.1) is 0 Å². The maximum Gasteiger partial charge on any atom is 0.309 e. The molecule has 0 aromatic heterocycles. The van der Waals surface area contributed by atoms with Gasteiger partial charge in [-0.1, -0.05) is 56.3 Å². The first-order valence-corrected chi connectivity index (χ1v) is 6.63. The van der Waals surface area contributed by atoms with Gasteiger partial charge in [-0.2, -0.15) is 0 Å². The van der Waals surface area contributed by atoms with Gasteiger partial charge >= 0.3 is 5.97 Å². The summed E-state index contributed by atoms with van der Waals surface area (Å²) in [5.41, 5.74) is 0.418. The first-order chi connectivity index (χ1) is 8.92. The molecule has 0 bridgehead atoms. The predicted octanol–water partition coefficient (Wildman–Crippen LogP) is 4.27. The molecular formula is C17H20O2. The van der Waals surface area contributed by atoms with E-state index in [2.05, 4.69) is 18.2 Å². The molecule has 2 aromatic rings. The third kappa shape index (κ3) is 2.78. The predicted molar refractivity (Wildman–Crippen MR) is 77.9 cm³/mol. The summed E-state index contributed by atoms with van der Waals surface area (Å²) in [6, 6.07) is 14.2. The molecule has 19 heavy (non-hydrogen) atoms.